The van der Waals surface area contributed by atoms with Crippen LogP contribution >= 0.6 is 0 Å². The summed E-state index contributed by atoms with van der Waals surface area (Å²) in [7, 11) is 3.18. The molecule has 0 bridgehead atoms. The number of hydrogen-bond donors (Lipinski definition) is 0. The molecule has 0 radical (unpaired) electrons. The largest absolute Gasteiger partial charge is 0.497 e. The number of nitro groups is 1. The van der Waals surface area contributed by atoms with Crippen LogP contribution in [-0.2, 0) is 11.2 Å². The number of ether oxygens (including phenoxy) is 2. The fraction of sp³-hybridized carbons (Fsp3) is 0.250. The van der Waals surface area contributed by atoms with Gasteiger partial charge < -0.3 is 9.47 Å². The highest BCUT2D eigenvalue weighted by atomic mass is 16.6. The average Bonchev–Trinajstić information content (AvgIpc) is 2.88. The van der Waals surface area contributed by atoms with Crippen molar-refractivity contribution < 1.29 is 19.2 Å². The third-order valence-corrected chi connectivity index (χ3v) is 6.61. The molecular weight excluding hydrogens is 430 g/mol. The van der Waals surface area contributed by atoms with Crippen molar-refractivity contribution >= 4 is 6.29 Å². The number of carbonyl (C=O) groups is 1. The molecular formula is C28H27NO5. The van der Waals surface area contributed by atoms with E-state index in [1.165, 1.54) is 0 Å². The van der Waals surface area contributed by atoms with Gasteiger partial charge in [-0.25, -0.2) is 0 Å². The lowest BCUT2D eigenvalue weighted by atomic mass is 9.65. The Morgan fingerprint density at radius 2 is 1.44 bits per heavy atom. The zero-order valence-electron chi connectivity index (χ0n) is 19.2. The van der Waals surface area contributed by atoms with E-state index in [1.807, 2.05) is 72.8 Å². The van der Waals surface area contributed by atoms with E-state index in [-0.39, 0.29) is 10.8 Å². The number of aldehydes is 1. The van der Waals surface area contributed by atoms with Gasteiger partial charge in [0.25, 0.3) is 0 Å². The van der Waals surface area contributed by atoms with Crippen molar-refractivity contribution in [2.24, 2.45) is 5.92 Å². The van der Waals surface area contributed by atoms with Crippen LogP contribution in [0.3, 0.4) is 0 Å². The zero-order valence-corrected chi connectivity index (χ0v) is 19.2. The molecule has 0 spiro atoms. The minimum Gasteiger partial charge on any atom is -0.497 e. The second-order valence-electron chi connectivity index (χ2n) is 8.46. The SMILES string of the molecule is COc1ccc(C[C@H]2C=C(C=O)[C@@H](c3ccc(OC)cc3)[C@H]([N+](=O)[O-])[C@@H]2c2ccccc2)cc1. The van der Waals surface area contributed by atoms with Crippen molar-refractivity contribution in [2.75, 3.05) is 14.2 Å². The van der Waals surface area contributed by atoms with Crippen molar-refractivity contribution in [1.82, 2.24) is 0 Å². The lowest BCUT2D eigenvalue weighted by Gasteiger charge is -2.37. The monoisotopic (exact) mass is 457 g/mol. The fourth-order valence-corrected chi connectivity index (χ4v) is 5.02. The summed E-state index contributed by atoms with van der Waals surface area (Å²) in [5, 5.41) is 12.6. The van der Waals surface area contributed by atoms with Gasteiger partial charge in [-0.3, -0.25) is 14.9 Å². The van der Waals surface area contributed by atoms with Crippen molar-refractivity contribution in [2.45, 2.75) is 24.3 Å². The van der Waals surface area contributed by atoms with E-state index in [0.29, 0.717) is 17.7 Å². The van der Waals surface area contributed by atoms with Crippen LogP contribution in [0.15, 0.2) is 90.5 Å². The minimum absolute atomic E-state index is 0.218. The van der Waals surface area contributed by atoms with E-state index in [4.69, 9.17) is 9.47 Å². The summed E-state index contributed by atoms with van der Waals surface area (Å²) < 4.78 is 10.5. The molecule has 6 nitrogen and oxygen atoms in total. The second-order valence-corrected chi connectivity index (χ2v) is 8.46. The quantitative estimate of drug-likeness (QED) is 0.263. The fourth-order valence-electron chi connectivity index (χ4n) is 5.02. The number of methoxy groups -OCH3 is 2. The van der Waals surface area contributed by atoms with Gasteiger partial charge >= 0.3 is 0 Å². The molecule has 0 saturated heterocycles. The summed E-state index contributed by atoms with van der Waals surface area (Å²) in [5.41, 5.74) is 3.09. The Balaban J connectivity index is 1.83. The molecule has 0 heterocycles. The van der Waals surface area contributed by atoms with Crippen LogP contribution < -0.4 is 9.47 Å². The molecule has 1 aliphatic rings. The maximum atomic E-state index is 12.6. The van der Waals surface area contributed by atoms with E-state index in [1.54, 1.807) is 26.4 Å². The van der Waals surface area contributed by atoms with Crippen LogP contribution in [0, 0.1) is 16.0 Å². The molecule has 4 atom stereocenters. The van der Waals surface area contributed by atoms with Crippen molar-refractivity contribution in [3.8, 4) is 11.5 Å². The van der Waals surface area contributed by atoms with Crippen LogP contribution in [-0.4, -0.2) is 31.5 Å². The van der Waals surface area contributed by atoms with Gasteiger partial charge in [0.1, 0.15) is 17.8 Å². The number of hydrogen-bond acceptors (Lipinski definition) is 5. The summed E-state index contributed by atoms with van der Waals surface area (Å²) in [6.07, 6.45) is 3.28. The normalized spacial score (nSPS) is 21.9. The molecule has 0 amide bonds. The highest BCUT2D eigenvalue weighted by molar-refractivity contribution is 5.77. The van der Waals surface area contributed by atoms with Crippen molar-refractivity contribution in [3.05, 3.63) is 117 Å². The summed E-state index contributed by atoms with van der Waals surface area (Å²) in [6, 6.07) is 23.4. The van der Waals surface area contributed by atoms with E-state index < -0.39 is 17.9 Å². The first-order chi connectivity index (χ1) is 16.5. The first-order valence-corrected chi connectivity index (χ1v) is 11.2. The van der Waals surface area contributed by atoms with Crippen LogP contribution in [0.5, 0.6) is 11.5 Å². The topological polar surface area (TPSA) is 78.7 Å². The average molecular weight is 458 g/mol. The summed E-state index contributed by atoms with van der Waals surface area (Å²) in [5.74, 6) is 0.121. The third kappa shape index (κ3) is 4.71. The van der Waals surface area contributed by atoms with Gasteiger partial charge in [0, 0.05) is 10.5 Å². The molecule has 3 aromatic rings. The molecule has 0 aliphatic heterocycles. The van der Waals surface area contributed by atoms with Crippen LogP contribution in [0.2, 0.25) is 0 Å². The third-order valence-electron chi connectivity index (χ3n) is 6.61. The van der Waals surface area contributed by atoms with Crippen LogP contribution in [0.4, 0.5) is 0 Å². The second kappa shape index (κ2) is 10.3. The van der Waals surface area contributed by atoms with E-state index in [2.05, 4.69) is 0 Å². The molecule has 0 N–H and O–H groups in total. The number of rotatable bonds is 8. The molecule has 0 fully saturated rings. The molecule has 0 saturated carbocycles. The molecule has 0 unspecified atom stereocenters. The van der Waals surface area contributed by atoms with Gasteiger partial charge in [0.05, 0.1) is 26.1 Å². The predicted octanol–water partition coefficient (Wildman–Crippen LogP) is 5.21. The molecule has 3 aromatic carbocycles. The molecule has 174 valence electrons. The number of nitrogens with zero attached hydrogens (tertiary/aromatic N) is 1. The number of benzene rings is 3. The Kier molecular flexibility index (Phi) is 7.07. The molecule has 34 heavy (non-hydrogen) atoms. The number of carbonyl (C=O) groups excluding carboxylic acids is 1. The Morgan fingerprint density at radius 1 is 0.853 bits per heavy atom. The van der Waals surface area contributed by atoms with Crippen LogP contribution in [0.1, 0.15) is 28.5 Å². The van der Waals surface area contributed by atoms with E-state index in [9.17, 15) is 14.9 Å². The maximum absolute atomic E-state index is 12.6. The maximum Gasteiger partial charge on any atom is 0.231 e. The van der Waals surface area contributed by atoms with E-state index >= 15 is 0 Å². The predicted molar refractivity (Wildman–Crippen MR) is 130 cm³/mol. The molecule has 0 aromatic heterocycles. The Bertz CT molecular complexity index is 1160. The van der Waals surface area contributed by atoms with Gasteiger partial charge in [-0.05, 0) is 53.3 Å². The highest BCUT2D eigenvalue weighted by Crippen LogP contribution is 2.46. The van der Waals surface area contributed by atoms with Crippen molar-refractivity contribution in [3.63, 3.8) is 0 Å². The van der Waals surface area contributed by atoms with Gasteiger partial charge in [0.2, 0.25) is 6.04 Å². The van der Waals surface area contributed by atoms with Gasteiger partial charge in [-0.2, -0.15) is 0 Å². The lowest BCUT2D eigenvalue weighted by Crippen LogP contribution is -2.42. The lowest BCUT2D eigenvalue weighted by molar-refractivity contribution is -0.531. The molecule has 4 rings (SSSR count). The van der Waals surface area contributed by atoms with Crippen molar-refractivity contribution in [1.29, 1.82) is 0 Å². The van der Waals surface area contributed by atoms with Gasteiger partial charge in [0.15, 0.2) is 0 Å². The Labute approximate surface area is 199 Å². The summed E-state index contributed by atoms with van der Waals surface area (Å²) in [4.78, 5) is 24.6. The first-order valence-electron chi connectivity index (χ1n) is 11.2. The first kappa shape index (κ1) is 23.2. The standard InChI is InChI=1S/C28H27NO5/c1-33-24-12-8-19(9-13-24)16-22-17-23(18-30)27(21-10-14-25(34-2)15-11-21)28(29(31)32)26(22)20-6-4-3-5-7-20/h3-15,17-18,22,26-28H,16H2,1-2H3/t22-,26+,27+,28+/m0/s1. The van der Waals surface area contributed by atoms with Gasteiger partial charge in [-0.15, -0.1) is 0 Å². The highest BCUT2D eigenvalue weighted by Gasteiger charge is 2.49. The molecule has 6 heteroatoms. The zero-order chi connectivity index (χ0) is 24.1. The van der Waals surface area contributed by atoms with E-state index in [0.717, 1.165) is 28.7 Å². The van der Waals surface area contributed by atoms with Crippen LogP contribution in [0.25, 0.3) is 0 Å². The molecule has 1 aliphatic carbocycles. The smallest absolute Gasteiger partial charge is 0.231 e. The number of allylic oxidation sites excluding steroid dienone is 1. The Hall–Kier alpha value is -3.93. The Morgan fingerprint density at radius 3 is 1.97 bits per heavy atom. The minimum atomic E-state index is -0.996. The summed E-state index contributed by atoms with van der Waals surface area (Å²) in [6.45, 7) is 0. The summed E-state index contributed by atoms with van der Waals surface area (Å²) >= 11 is 0. The van der Waals surface area contributed by atoms with Gasteiger partial charge in [-0.1, -0.05) is 60.7 Å².